The normalized spacial score (nSPS) is 26.8. The molecule has 1 atom stereocenters. The van der Waals surface area contributed by atoms with Crippen molar-refractivity contribution >= 4 is 0 Å². The molecule has 2 fully saturated rings. The molecule has 2 heterocycles. The molecule has 0 aliphatic carbocycles. The summed E-state index contributed by atoms with van der Waals surface area (Å²) in [5.41, 5.74) is 0.396. The maximum absolute atomic E-state index is 3.50. The predicted molar refractivity (Wildman–Crippen MR) is 69.9 cm³/mol. The van der Waals surface area contributed by atoms with Crippen LogP contribution in [0.25, 0.3) is 0 Å². The number of hydrogen-bond donors (Lipinski definition) is 4. The minimum atomic E-state index is 0.396. The molecule has 0 amide bonds. The fraction of sp³-hybridized carbons (Fsp3) is 1.00. The standard InChI is InChI=1S/C8H18N2.C4H10N2/c1-8(2,3)7-6-9-4-5-10-7;1-2-6-4-3-5-1/h7,9-10H,4-6H2,1-3H3;5-6H,1-4H2. The molecule has 0 aromatic carbocycles. The molecule has 96 valence electrons. The van der Waals surface area contributed by atoms with Gasteiger partial charge in [0.1, 0.15) is 0 Å². The zero-order valence-electron chi connectivity index (χ0n) is 11.0. The van der Waals surface area contributed by atoms with Crippen molar-refractivity contribution < 1.29 is 0 Å². The van der Waals surface area contributed by atoms with Crippen LogP contribution in [0.1, 0.15) is 20.8 Å². The Hall–Kier alpha value is -0.160. The summed E-state index contributed by atoms with van der Waals surface area (Å²) in [4.78, 5) is 0. The zero-order chi connectivity index (χ0) is 11.9. The zero-order valence-corrected chi connectivity index (χ0v) is 11.0. The summed E-state index contributed by atoms with van der Waals surface area (Å²) in [6.07, 6.45) is 0. The Labute approximate surface area is 99.9 Å². The average molecular weight is 228 g/mol. The van der Waals surface area contributed by atoms with E-state index in [4.69, 9.17) is 0 Å². The molecule has 0 spiro atoms. The van der Waals surface area contributed by atoms with Crippen molar-refractivity contribution in [1.29, 1.82) is 0 Å². The molecule has 4 heteroatoms. The second-order valence-corrected chi connectivity index (χ2v) is 5.58. The van der Waals surface area contributed by atoms with Crippen LogP contribution >= 0.6 is 0 Å². The van der Waals surface area contributed by atoms with Crippen LogP contribution in [0.3, 0.4) is 0 Å². The minimum absolute atomic E-state index is 0.396. The van der Waals surface area contributed by atoms with Gasteiger partial charge in [0.05, 0.1) is 0 Å². The van der Waals surface area contributed by atoms with Gasteiger partial charge in [-0.25, -0.2) is 0 Å². The van der Waals surface area contributed by atoms with E-state index in [1.165, 1.54) is 0 Å². The van der Waals surface area contributed by atoms with Gasteiger partial charge in [-0.2, -0.15) is 0 Å². The third-order valence-corrected chi connectivity index (χ3v) is 3.04. The molecule has 2 rings (SSSR count). The second kappa shape index (κ2) is 7.22. The summed E-state index contributed by atoms with van der Waals surface area (Å²) in [7, 11) is 0. The van der Waals surface area contributed by atoms with Crippen molar-refractivity contribution in [3.05, 3.63) is 0 Å². The maximum atomic E-state index is 3.50. The molecule has 4 N–H and O–H groups in total. The van der Waals surface area contributed by atoms with E-state index in [0.717, 1.165) is 45.8 Å². The molecule has 4 nitrogen and oxygen atoms in total. The van der Waals surface area contributed by atoms with Crippen LogP contribution in [0.5, 0.6) is 0 Å². The van der Waals surface area contributed by atoms with Crippen molar-refractivity contribution in [2.45, 2.75) is 26.8 Å². The summed E-state index contributed by atoms with van der Waals surface area (Å²) < 4.78 is 0. The molecular weight excluding hydrogens is 200 g/mol. The van der Waals surface area contributed by atoms with Crippen molar-refractivity contribution in [3.63, 3.8) is 0 Å². The largest absolute Gasteiger partial charge is 0.314 e. The van der Waals surface area contributed by atoms with Gasteiger partial charge in [-0.3, -0.25) is 0 Å². The lowest BCUT2D eigenvalue weighted by atomic mass is 9.86. The van der Waals surface area contributed by atoms with Crippen LogP contribution in [0.2, 0.25) is 0 Å². The molecular formula is C12H28N4. The van der Waals surface area contributed by atoms with E-state index in [2.05, 4.69) is 42.0 Å². The molecule has 0 saturated carbocycles. The first-order valence-electron chi connectivity index (χ1n) is 6.46. The van der Waals surface area contributed by atoms with Crippen molar-refractivity contribution in [1.82, 2.24) is 21.3 Å². The lowest BCUT2D eigenvalue weighted by molar-refractivity contribution is 0.239. The van der Waals surface area contributed by atoms with Crippen LogP contribution in [-0.4, -0.2) is 51.9 Å². The Bertz CT molecular complexity index is 155. The van der Waals surface area contributed by atoms with E-state index in [9.17, 15) is 0 Å². The fourth-order valence-corrected chi connectivity index (χ4v) is 1.87. The van der Waals surface area contributed by atoms with Gasteiger partial charge < -0.3 is 21.3 Å². The Morgan fingerprint density at radius 2 is 1.25 bits per heavy atom. The summed E-state index contributed by atoms with van der Waals surface area (Å²) in [5.74, 6) is 0. The third kappa shape index (κ3) is 5.80. The van der Waals surface area contributed by atoms with Gasteiger partial charge in [0.2, 0.25) is 0 Å². The fourth-order valence-electron chi connectivity index (χ4n) is 1.87. The first-order valence-corrected chi connectivity index (χ1v) is 6.46. The van der Waals surface area contributed by atoms with Crippen molar-refractivity contribution in [2.24, 2.45) is 5.41 Å². The number of nitrogens with one attached hydrogen (secondary N) is 4. The highest BCUT2D eigenvalue weighted by Crippen LogP contribution is 2.19. The minimum Gasteiger partial charge on any atom is -0.314 e. The Balaban J connectivity index is 0.000000181. The van der Waals surface area contributed by atoms with Crippen molar-refractivity contribution in [3.8, 4) is 0 Å². The van der Waals surface area contributed by atoms with Crippen LogP contribution in [0, 0.1) is 5.41 Å². The van der Waals surface area contributed by atoms with Gasteiger partial charge >= 0.3 is 0 Å². The summed E-state index contributed by atoms with van der Waals surface area (Å²) in [5, 5.41) is 13.3. The molecule has 16 heavy (non-hydrogen) atoms. The van der Waals surface area contributed by atoms with Gasteiger partial charge in [-0.05, 0) is 5.41 Å². The third-order valence-electron chi connectivity index (χ3n) is 3.04. The Kier molecular flexibility index (Phi) is 6.28. The number of hydrogen-bond acceptors (Lipinski definition) is 4. The molecule has 2 aliphatic heterocycles. The molecule has 0 aromatic rings. The number of rotatable bonds is 0. The first kappa shape index (κ1) is 13.9. The van der Waals surface area contributed by atoms with E-state index in [1.807, 2.05) is 0 Å². The summed E-state index contributed by atoms with van der Waals surface area (Å²) >= 11 is 0. The van der Waals surface area contributed by atoms with Crippen LogP contribution in [0.4, 0.5) is 0 Å². The summed E-state index contributed by atoms with van der Waals surface area (Å²) in [6.45, 7) is 14.7. The lowest BCUT2D eigenvalue weighted by Gasteiger charge is -2.35. The van der Waals surface area contributed by atoms with Crippen LogP contribution in [0.15, 0.2) is 0 Å². The molecule has 0 aromatic heterocycles. The van der Waals surface area contributed by atoms with Gasteiger partial charge in [-0.1, -0.05) is 20.8 Å². The second-order valence-electron chi connectivity index (χ2n) is 5.58. The van der Waals surface area contributed by atoms with Gasteiger partial charge in [0, 0.05) is 51.9 Å². The van der Waals surface area contributed by atoms with E-state index in [-0.39, 0.29) is 0 Å². The highest BCUT2D eigenvalue weighted by Gasteiger charge is 2.25. The van der Waals surface area contributed by atoms with E-state index < -0.39 is 0 Å². The lowest BCUT2D eigenvalue weighted by Crippen LogP contribution is -2.54. The van der Waals surface area contributed by atoms with Crippen LogP contribution in [-0.2, 0) is 0 Å². The van der Waals surface area contributed by atoms with E-state index >= 15 is 0 Å². The molecule has 1 unspecified atom stereocenters. The van der Waals surface area contributed by atoms with Gasteiger partial charge in [0.15, 0.2) is 0 Å². The number of piperazine rings is 2. The molecule has 0 bridgehead atoms. The Morgan fingerprint density at radius 1 is 0.750 bits per heavy atom. The highest BCUT2D eigenvalue weighted by atomic mass is 15.1. The highest BCUT2D eigenvalue weighted by molar-refractivity contribution is 4.85. The molecule has 0 radical (unpaired) electrons. The van der Waals surface area contributed by atoms with E-state index in [0.29, 0.717) is 11.5 Å². The quantitative estimate of drug-likeness (QED) is 0.463. The van der Waals surface area contributed by atoms with Crippen LogP contribution < -0.4 is 21.3 Å². The molecule has 2 saturated heterocycles. The van der Waals surface area contributed by atoms with Gasteiger partial charge in [-0.15, -0.1) is 0 Å². The monoisotopic (exact) mass is 228 g/mol. The smallest absolute Gasteiger partial charge is 0.0241 e. The predicted octanol–water partition coefficient (Wildman–Crippen LogP) is -0.227. The van der Waals surface area contributed by atoms with Crippen molar-refractivity contribution in [2.75, 3.05) is 45.8 Å². The van der Waals surface area contributed by atoms with E-state index in [1.54, 1.807) is 0 Å². The Morgan fingerprint density at radius 3 is 1.50 bits per heavy atom. The average Bonchev–Trinajstić information content (AvgIpc) is 2.32. The molecule has 2 aliphatic rings. The first-order chi connectivity index (χ1) is 7.61. The summed E-state index contributed by atoms with van der Waals surface area (Å²) in [6, 6.07) is 0.640. The maximum Gasteiger partial charge on any atom is 0.0241 e. The topological polar surface area (TPSA) is 48.1 Å². The van der Waals surface area contributed by atoms with Gasteiger partial charge in [0.25, 0.3) is 0 Å². The SMILES string of the molecule is C1CNCCN1.CC(C)(C)C1CNCCN1.